The molecular formula is C19H29N3O3. The Kier molecular flexibility index (Phi) is 6.04. The van der Waals surface area contributed by atoms with Gasteiger partial charge >= 0.3 is 0 Å². The van der Waals surface area contributed by atoms with E-state index in [0.717, 1.165) is 45.5 Å². The fourth-order valence-corrected chi connectivity index (χ4v) is 3.95. The molecule has 2 aliphatic heterocycles. The summed E-state index contributed by atoms with van der Waals surface area (Å²) in [4.78, 5) is 20.1. The molecule has 0 aromatic carbocycles. The lowest BCUT2D eigenvalue weighted by Crippen LogP contribution is -2.56. The molecule has 0 aliphatic carbocycles. The third-order valence-corrected chi connectivity index (χ3v) is 5.31. The molecule has 2 aliphatic rings. The lowest BCUT2D eigenvalue weighted by atomic mass is 9.73. The van der Waals surface area contributed by atoms with Gasteiger partial charge in [0.1, 0.15) is 6.61 Å². The third kappa shape index (κ3) is 4.57. The number of hydrogen-bond donors (Lipinski definition) is 0. The SMILES string of the molecule is CN(C)C(=O)COC[C@@]12CCCO[C@@H]1CCN(Cc1cccnc1)C2. The number of likely N-dealkylation sites (tertiary alicyclic amines) is 1. The van der Waals surface area contributed by atoms with Crippen LogP contribution in [0.5, 0.6) is 0 Å². The molecule has 2 saturated heterocycles. The highest BCUT2D eigenvalue weighted by Gasteiger charge is 2.46. The van der Waals surface area contributed by atoms with E-state index in [1.54, 1.807) is 19.0 Å². The summed E-state index contributed by atoms with van der Waals surface area (Å²) in [5.74, 6) is 0.00713. The molecule has 1 amide bonds. The van der Waals surface area contributed by atoms with Crippen LogP contribution in [0.25, 0.3) is 0 Å². The van der Waals surface area contributed by atoms with Gasteiger partial charge in [-0.3, -0.25) is 14.7 Å². The molecule has 0 unspecified atom stereocenters. The van der Waals surface area contributed by atoms with Crippen LogP contribution in [0.3, 0.4) is 0 Å². The average Bonchev–Trinajstić information content (AvgIpc) is 2.62. The summed E-state index contributed by atoms with van der Waals surface area (Å²) in [6, 6.07) is 4.10. The van der Waals surface area contributed by atoms with E-state index in [9.17, 15) is 4.79 Å². The predicted octanol–water partition coefficient (Wildman–Crippen LogP) is 1.56. The first-order valence-corrected chi connectivity index (χ1v) is 9.10. The van der Waals surface area contributed by atoms with Crippen LogP contribution in [0.15, 0.2) is 24.5 Å². The Bertz CT molecular complexity index is 566. The second kappa shape index (κ2) is 8.25. The first-order chi connectivity index (χ1) is 12.1. The largest absolute Gasteiger partial charge is 0.377 e. The summed E-state index contributed by atoms with van der Waals surface area (Å²) in [5.41, 5.74) is 1.22. The summed E-state index contributed by atoms with van der Waals surface area (Å²) in [5, 5.41) is 0. The second-order valence-electron chi connectivity index (χ2n) is 7.47. The number of fused-ring (bicyclic) bond motifs is 1. The Hall–Kier alpha value is -1.50. The average molecular weight is 347 g/mol. The number of nitrogens with zero attached hydrogens (tertiary/aromatic N) is 3. The van der Waals surface area contributed by atoms with Gasteiger partial charge in [-0.25, -0.2) is 0 Å². The zero-order chi connectivity index (χ0) is 17.7. The van der Waals surface area contributed by atoms with Gasteiger partial charge < -0.3 is 14.4 Å². The number of carbonyl (C=O) groups excluding carboxylic acids is 1. The van der Waals surface area contributed by atoms with Gasteiger partial charge in [0.15, 0.2) is 0 Å². The fourth-order valence-electron chi connectivity index (χ4n) is 3.95. The Morgan fingerprint density at radius 3 is 3.16 bits per heavy atom. The van der Waals surface area contributed by atoms with Crippen LogP contribution >= 0.6 is 0 Å². The van der Waals surface area contributed by atoms with E-state index in [2.05, 4.69) is 16.0 Å². The molecule has 1 aromatic rings. The van der Waals surface area contributed by atoms with E-state index < -0.39 is 0 Å². The molecule has 25 heavy (non-hydrogen) atoms. The van der Waals surface area contributed by atoms with Gasteiger partial charge in [0.25, 0.3) is 0 Å². The maximum Gasteiger partial charge on any atom is 0.248 e. The quantitative estimate of drug-likeness (QED) is 0.782. The first kappa shape index (κ1) is 18.3. The van der Waals surface area contributed by atoms with E-state index in [1.165, 1.54) is 5.56 Å². The van der Waals surface area contributed by atoms with E-state index in [1.807, 2.05) is 18.5 Å². The van der Waals surface area contributed by atoms with Crippen molar-refractivity contribution in [2.75, 3.05) is 47.0 Å². The van der Waals surface area contributed by atoms with Crippen molar-refractivity contribution in [2.24, 2.45) is 5.41 Å². The second-order valence-corrected chi connectivity index (χ2v) is 7.47. The lowest BCUT2D eigenvalue weighted by molar-refractivity contribution is -0.160. The van der Waals surface area contributed by atoms with Crippen LogP contribution in [0.4, 0.5) is 0 Å². The van der Waals surface area contributed by atoms with Crippen molar-refractivity contribution in [2.45, 2.75) is 31.9 Å². The Morgan fingerprint density at radius 1 is 1.52 bits per heavy atom. The third-order valence-electron chi connectivity index (χ3n) is 5.31. The van der Waals surface area contributed by atoms with Crippen molar-refractivity contribution in [3.05, 3.63) is 30.1 Å². The van der Waals surface area contributed by atoms with Gasteiger partial charge in [0, 0.05) is 58.1 Å². The normalized spacial score (nSPS) is 26.9. The summed E-state index contributed by atoms with van der Waals surface area (Å²) in [7, 11) is 3.51. The maximum absolute atomic E-state index is 11.8. The van der Waals surface area contributed by atoms with Gasteiger partial charge in [-0.05, 0) is 30.9 Å². The van der Waals surface area contributed by atoms with Crippen molar-refractivity contribution >= 4 is 5.91 Å². The van der Waals surface area contributed by atoms with Crippen LogP contribution in [-0.4, -0.2) is 73.8 Å². The number of pyridine rings is 1. The summed E-state index contributed by atoms with van der Waals surface area (Å²) in [6.07, 6.45) is 7.15. The topological polar surface area (TPSA) is 54.9 Å². The van der Waals surface area contributed by atoms with Crippen LogP contribution in [0.1, 0.15) is 24.8 Å². The van der Waals surface area contributed by atoms with Crippen LogP contribution in [-0.2, 0) is 20.8 Å². The minimum atomic E-state index is -0.00863. The molecule has 6 nitrogen and oxygen atoms in total. The molecule has 0 spiro atoms. The molecule has 0 bridgehead atoms. The standard InChI is InChI=1S/C19H29N3O3/c1-21(2)18(23)13-24-15-19-7-4-10-25-17(19)6-9-22(14-19)12-16-5-3-8-20-11-16/h3,5,8,11,17H,4,6-7,9-10,12-15H2,1-2H3/t17-,19+/m1/s1. The Labute approximate surface area is 150 Å². The number of piperidine rings is 1. The van der Waals surface area contributed by atoms with E-state index in [0.29, 0.717) is 6.61 Å². The van der Waals surface area contributed by atoms with Crippen molar-refractivity contribution in [3.63, 3.8) is 0 Å². The highest BCUT2D eigenvalue weighted by molar-refractivity contribution is 5.76. The summed E-state index contributed by atoms with van der Waals surface area (Å²) in [6.45, 7) is 4.44. The summed E-state index contributed by atoms with van der Waals surface area (Å²) >= 11 is 0. The minimum Gasteiger partial charge on any atom is -0.377 e. The lowest BCUT2D eigenvalue weighted by Gasteiger charge is -2.50. The Balaban J connectivity index is 1.63. The number of likely N-dealkylation sites (N-methyl/N-ethyl adjacent to an activating group) is 1. The molecule has 3 heterocycles. The summed E-state index contributed by atoms with van der Waals surface area (Å²) < 4.78 is 11.9. The molecule has 2 fully saturated rings. The molecule has 2 atom stereocenters. The number of rotatable bonds is 6. The van der Waals surface area contributed by atoms with Crippen molar-refractivity contribution in [1.29, 1.82) is 0 Å². The number of hydrogen-bond acceptors (Lipinski definition) is 5. The van der Waals surface area contributed by atoms with Gasteiger partial charge in [-0.1, -0.05) is 6.07 Å². The molecular weight excluding hydrogens is 318 g/mol. The van der Waals surface area contributed by atoms with Gasteiger partial charge in [-0.15, -0.1) is 0 Å². The van der Waals surface area contributed by atoms with Crippen molar-refractivity contribution in [3.8, 4) is 0 Å². The number of carbonyl (C=O) groups is 1. The number of amides is 1. The monoisotopic (exact) mass is 347 g/mol. The molecule has 3 rings (SSSR count). The van der Waals surface area contributed by atoms with Gasteiger partial charge in [0.2, 0.25) is 5.91 Å². The highest BCUT2D eigenvalue weighted by Crippen LogP contribution is 2.40. The molecule has 138 valence electrons. The van der Waals surface area contributed by atoms with Gasteiger partial charge in [-0.2, -0.15) is 0 Å². The van der Waals surface area contributed by atoms with Crippen LogP contribution in [0.2, 0.25) is 0 Å². The highest BCUT2D eigenvalue weighted by atomic mass is 16.5. The molecule has 0 saturated carbocycles. The minimum absolute atomic E-state index is 0.00713. The van der Waals surface area contributed by atoms with E-state index >= 15 is 0 Å². The predicted molar refractivity (Wildman–Crippen MR) is 95.1 cm³/mol. The number of ether oxygens (including phenoxy) is 2. The zero-order valence-electron chi connectivity index (χ0n) is 15.3. The molecule has 0 N–H and O–H groups in total. The first-order valence-electron chi connectivity index (χ1n) is 9.10. The maximum atomic E-state index is 11.8. The smallest absolute Gasteiger partial charge is 0.248 e. The number of aromatic nitrogens is 1. The zero-order valence-corrected chi connectivity index (χ0v) is 15.3. The molecule has 6 heteroatoms. The van der Waals surface area contributed by atoms with Crippen LogP contribution < -0.4 is 0 Å². The fraction of sp³-hybridized carbons (Fsp3) is 0.684. The van der Waals surface area contributed by atoms with Crippen molar-refractivity contribution in [1.82, 2.24) is 14.8 Å². The van der Waals surface area contributed by atoms with E-state index in [-0.39, 0.29) is 24.0 Å². The molecule has 1 aromatic heterocycles. The Morgan fingerprint density at radius 2 is 2.40 bits per heavy atom. The van der Waals surface area contributed by atoms with E-state index in [4.69, 9.17) is 9.47 Å². The van der Waals surface area contributed by atoms with Gasteiger partial charge in [0.05, 0.1) is 12.7 Å². The van der Waals surface area contributed by atoms with Crippen LogP contribution in [0, 0.1) is 5.41 Å². The van der Waals surface area contributed by atoms with Crippen molar-refractivity contribution < 1.29 is 14.3 Å². The molecule has 0 radical (unpaired) electrons.